The topological polar surface area (TPSA) is 130 Å². The third-order valence-electron chi connectivity index (χ3n) is 6.31. The lowest BCUT2D eigenvalue weighted by atomic mass is 10.2. The molecule has 0 saturated carbocycles. The Labute approximate surface area is 229 Å². The van der Waals surface area contributed by atoms with Gasteiger partial charge in [0.05, 0.1) is 16.7 Å². The summed E-state index contributed by atoms with van der Waals surface area (Å²) in [6, 6.07) is 8.85. The minimum atomic E-state index is -0.257. The summed E-state index contributed by atoms with van der Waals surface area (Å²) in [7, 11) is 0. The molecule has 39 heavy (non-hydrogen) atoms. The first-order valence-corrected chi connectivity index (χ1v) is 13.9. The summed E-state index contributed by atoms with van der Waals surface area (Å²) in [5, 5.41) is 6.59. The highest BCUT2D eigenvalue weighted by Gasteiger charge is 2.20. The maximum absolute atomic E-state index is 13.5. The number of hydrogen-bond acceptors (Lipinski definition) is 9. The van der Waals surface area contributed by atoms with E-state index >= 15 is 0 Å². The quantitative estimate of drug-likeness (QED) is 0.197. The molecule has 0 aliphatic carbocycles. The monoisotopic (exact) mass is 554 g/mol. The Morgan fingerprint density at radius 3 is 2.49 bits per heavy atom. The van der Waals surface area contributed by atoms with Crippen molar-refractivity contribution in [1.82, 2.24) is 20.2 Å². The third-order valence-corrected chi connectivity index (χ3v) is 7.29. The average molecular weight is 555 g/mol. The molecule has 2 aromatic carbocycles. The predicted octanol–water partition coefficient (Wildman–Crippen LogP) is 2.96. The molecule has 0 radical (unpaired) electrons. The number of hydrogen-bond donors (Lipinski definition) is 2. The van der Waals surface area contributed by atoms with Crippen molar-refractivity contribution >= 4 is 34.5 Å². The van der Waals surface area contributed by atoms with Gasteiger partial charge in [-0.05, 0) is 36.6 Å². The molecule has 12 heteroatoms. The van der Waals surface area contributed by atoms with Crippen LogP contribution in [0.3, 0.4) is 0 Å². The highest BCUT2D eigenvalue weighted by molar-refractivity contribution is 7.99. The zero-order valence-electron chi connectivity index (χ0n) is 21.6. The van der Waals surface area contributed by atoms with E-state index < -0.39 is 0 Å². The molecular weight excluding hydrogens is 524 g/mol. The number of carbonyl (C=O) groups is 2. The molecular formula is C27H30N4O7S. The number of nitrogens with one attached hydrogen (secondary N) is 2. The fraction of sp³-hybridized carbons (Fsp3) is 0.407. The van der Waals surface area contributed by atoms with Crippen LogP contribution in [-0.4, -0.2) is 47.2 Å². The molecule has 3 aromatic rings. The summed E-state index contributed by atoms with van der Waals surface area (Å²) >= 11 is 1.20. The number of nitrogens with zero attached hydrogens (tertiary/aromatic N) is 2. The fourth-order valence-electron chi connectivity index (χ4n) is 4.22. The molecule has 2 amide bonds. The maximum Gasteiger partial charge on any atom is 0.262 e. The van der Waals surface area contributed by atoms with E-state index in [0.29, 0.717) is 58.6 Å². The second-order valence-corrected chi connectivity index (χ2v) is 10.1. The number of amides is 2. The first-order valence-electron chi connectivity index (χ1n) is 12.9. The van der Waals surface area contributed by atoms with Crippen LogP contribution < -0.4 is 35.1 Å². The number of aromatic nitrogens is 2. The molecule has 3 heterocycles. The molecule has 206 valence electrons. The highest BCUT2D eigenvalue weighted by atomic mass is 32.2. The van der Waals surface area contributed by atoms with Gasteiger partial charge in [0, 0.05) is 32.1 Å². The number of carbonyl (C=O) groups excluding carboxylic acids is 2. The van der Waals surface area contributed by atoms with Crippen LogP contribution in [0.15, 0.2) is 40.3 Å². The molecule has 0 fully saturated rings. The fourth-order valence-corrected chi connectivity index (χ4v) is 5.08. The Hall–Kier alpha value is -3.93. The summed E-state index contributed by atoms with van der Waals surface area (Å²) in [6.07, 6.45) is 2.53. The third kappa shape index (κ3) is 6.39. The molecule has 0 saturated heterocycles. The first kappa shape index (κ1) is 26.7. The van der Waals surface area contributed by atoms with Crippen LogP contribution in [0.4, 0.5) is 0 Å². The summed E-state index contributed by atoms with van der Waals surface area (Å²) in [5.74, 6) is 2.24. The summed E-state index contributed by atoms with van der Waals surface area (Å²) in [4.78, 5) is 43.0. The van der Waals surface area contributed by atoms with Crippen molar-refractivity contribution in [2.45, 2.75) is 50.9 Å². The lowest BCUT2D eigenvalue weighted by molar-refractivity contribution is -0.121. The van der Waals surface area contributed by atoms with Gasteiger partial charge >= 0.3 is 0 Å². The molecule has 2 aliphatic rings. The van der Waals surface area contributed by atoms with Crippen LogP contribution in [0.25, 0.3) is 10.9 Å². The van der Waals surface area contributed by atoms with Gasteiger partial charge in [0.25, 0.3) is 5.56 Å². The van der Waals surface area contributed by atoms with E-state index in [1.165, 1.54) is 16.3 Å². The highest BCUT2D eigenvalue weighted by Crippen LogP contribution is 2.35. The molecule has 11 nitrogen and oxygen atoms in total. The second-order valence-electron chi connectivity index (χ2n) is 9.13. The Bertz CT molecular complexity index is 1440. The van der Waals surface area contributed by atoms with E-state index in [9.17, 15) is 14.4 Å². The van der Waals surface area contributed by atoms with Crippen LogP contribution in [0.5, 0.6) is 23.0 Å². The number of rotatable bonds is 12. The van der Waals surface area contributed by atoms with Crippen molar-refractivity contribution in [1.29, 1.82) is 0 Å². The Kier molecular flexibility index (Phi) is 8.40. The van der Waals surface area contributed by atoms with Gasteiger partial charge in [-0.15, -0.1) is 0 Å². The van der Waals surface area contributed by atoms with Crippen LogP contribution in [0, 0.1) is 0 Å². The molecule has 1 aromatic heterocycles. The second kappa shape index (κ2) is 12.3. The number of fused-ring (bicyclic) bond motifs is 3. The van der Waals surface area contributed by atoms with E-state index in [4.69, 9.17) is 18.9 Å². The molecule has 0 unspecified atom stereocenters. The molecule has 0 spiro atoms. The molecule has 2 aliphatic heterocycles. The Balaban J connectivity index is 1.25. The van der Waals surface area contributed by atoms with Crippen LogP contribution in [0.2, 0.25) is 0 Å². The summed E-state index contributed by atoms with van der Waals surface area (Å²) in [6.45, 7) is 3.57. The van der Waals surface area contributed by atoms with Gasteiger partial charge < -0.3 is 29.6 Å². The van der Waals surface area contributed by atoms with Gasteiger partial charge in [0.2, 0.25) is 25.4 Å². The predicted molar refractivity (Wildman–Crippen MR) is 144 cm³/mol. The minimum absolute atomic E-state index is 0.0841. The van der Waals surface area contributed by atoms with Crippen molar-refractivity contribution in [3.05, 3.63) is 46.2 Å². The zero-order chi connectivity index (χ0) is 27.2. The molecule has 0 bridgehead atoms. The molecule has 2 N–H and O–H groups in total. The molecule has 0 atom stereocenters. The van der Waals surface area contributed by atoms with E-state index in [2.05, 4.69) is 22.5 Å². The van der Waals surface area contributed by atoms with Gasteiger partial charge in [0.1, 0.15) is 0 Å². The van der Waals surface area contributed by atoms with Gasteiger partial charge in [-0.2, -0.15) is 0 Å². The zero-order valence-corrected chi connectivity index (χ0v) is 22.4. The van der Waals surface area contributed by atoms with Crippen molar-refractivity contribution in [2.75, 3.05) is 25.9 Å². The smallest absolute Gasteiger partial charge is 0.262 e. The van der Waals surface area contributed by atoms with E-state index in [1.807, 2.05) is 18.2 Å². The minimum Gasteiger partial charge on any atom is -0.454 e. The maximum atomic E-state index is 13.5. The van der Waals surface area contributed by atoms with Crippen molar-refractivity contribution in [3.63, 3.8) is 0 Å². The van der Waals surface area contributed by atoms with E-state index in [-0.39, 0.29) is 49.7 Å². The summed E-state index contributed by atoms with van der Waals surface area (Å²) in [5.41, 5.74) is 1.11. The van der Waals surface area contributed by atoms with Gasteiger partial charge in [0.15, 0.2) is 28.2 Å². The normalized spacial score (nSPS) is 13.1. The Morgan fingerprint density at radius 1 is 0.949 bits per heavy atom. The van der Waals surface area contributed by atoms with Gasteiger partial charge in [-0.25, -0.2) is 4.98 Å². The van der Waals surface area contributed by atoms with E-state index in [0.717, 1.165) is 18.4 Å². The Morgan fingerprint density at radius 2 is 1.69 bits per heavy atom. The van der Waals surface area contributed by atoms with Crippen molar-refractivity contribution in [2.24, 2.45) is 0 Å². The first-order chi connectivity index (χ1) is 19.0. The number of unbranched alkanes of at least 4 members (excludes halogenated alkanes) is 1. The van der Waals surface area contributed by atoms with Crippen molar-refractivity contribution in [3.8, 4) is 23.0 Å². The number of ether oxygens (including phenoxy) is 4. The van der Waals surface area contributed by atoms with Gasteiger partial charge in [-0.1, -0.05) is 31.2 Å². The van der Waals surface area contributed by atoms with Crippen molar-refractivity contribution < 1.29 is 28.5 Å². The van der Waals surface area contributed by atoms with E-state index in [1.54, 1.807) is 12.1 Å². The van der Waals surface area contributed by atoms with Crippen LogP contribution >= 0.6 is 11.8 Å². The van der Waals surface area contributed by atoms with Crippen LogP contribution in [-0.2, 0) is 22.7 Å². The van der Waals surface area contributed by atoms with Crippen LogP contribution in [0.1, 0.15) is 38.2 Å². The lowest BCUT2D eigenvalue weighted by Gasteiger charge is -2.14. The molecule has 5 rings (SSSR count). The summed E-state index contributed by atoms with van der Waals surface area (Å²) < 4.78 is 23.1. The SMILES string of the molecule is CCCCNC(=O)CSc1nc2cc3c(cc2c(=O)n1CCCC(=O)NCc1ccc2c(c1)OCO2)OCO3. The average Bonchev–Trinajstić information content (AvgIpc) is 3.60. The lowest BCUT2D eigenvalue weighted by Crippen LogP contribution is -2.28. The standard InChI is InChI=1S/C27H30N4O7S/c1-2-3-8-28-25(33)14-39-27-30-19-12-23-22(37-16-38-23)11-18(19)26(34)31(27)9-4-5-24(32)29-13-17-6-7-20-21(10-17)36-15-35-20/h6-7,10-12H,2-5,8-9,13-16H2,1H3,(H,28,33)(H,29,32). The number of thioether (sulfide) groups is 1. The number of benzene rings is 2. The largest absolute Gasteiger partial charge is 0.454 e. The van der Waals surface area contributed by atoms with Gasteiger partial charge in [-0.3, -0.25) is 19.0 Å².